The normalized spacial score (nSPS) is 43.6. The third-order valence-corrected chi connectivity index (χ3v) is 7.13. The molecule has 22 heavy (non-hydrogen) atoms. The van der Waals surface area contributed by atoms with Gasteiger partial charge in [0.2, 0.25) is 0 Å². The molecule has 0 aliphatic heterocycles. The monoisotopic (exact) mass is 300 g/mol. The first-order chi connectivity index (χ1) is 10.6. The number of hydrogen-bond acceptors (Lipinski definition) is 2. The molecule has 0 radical (unpaired) electrons. The van der Waals surface area contributed by atoms with Crippen molar-refractivity contribution in [3.05, 3.63) is 23.5 Å². The van der Waals surface area contributed by atoms with Gasteiger partial charge in [0.25, 0.3) is 0 Å². The Bertz CT molecular complexity index is 544. The van der Waals surface area contributed by atoms with Crippen LogP contribution in [0.2, 0.25) is 0 Å². The van der Waals surface area contributed by atoms with Crippen LogP contribution in [0.3, 0.4) is 0 Å². The topological polar surface area (TPSA) is 26.3 Å². The van der Waals surface area contributed by atoms with Gasteiger partial charge in [0.05, 0.1) is 12.4 Å². The minimum absolute atomic E-state index is 0.00744. The van der Waals surface area contributed by atoms with Crippen LogP contribution in [0.15, 0.2) is 23.5 Å². The fraction of sp³-hybridized carbons (Fsp3) is 0.750. The highest BCUT2D eigenvalue weighted by atomic mass is 16.5. The van der Waals surface area contributed by atoms with Gasteiger partial charge in [-0.05, 0) is 74.3 Å². The number of hydrogen-bond donors (Lipinski definition) is 0. The zero-order valence-electron chi connectivity index (χ0n) is 13.9. The van der Waals surface area contributed by atoms with E-state index >= 15 is 0 Å². The van der Waals surface area contributed by atoms with E-state index in [1.165, 1.54) is 30.6 Å². The van der Waals surface area contributed by atoms with E-state index in [-0.39, 0.29) is 5.41 Å². The number of allylic oxidation sites excluding steroid dienone is 4. The molecule has 2 nitrogen and oxygen atoms in total. The Balaban J connectivity index is 1.61. The first-order valence-corrected chi connectivity index (χ1v) is 9.20. The van der Waals surface area contributed by atoms with Gasteiger partial charge in [-0.1, -0.05) is 13.0 Å². The predicted octanol–water partition coefficient (Wildman–Crippen LogP) is 4.66. The van der Waals surface area contributed by atoms with Crippen LogP contribution in [0.25, 0.3) is 0 Å². The molecule has 0 amide bonds. The van der Waals surface area contributed by atoms with Gasteiger partial charge in [-0.3, -0.25) is 4.79 Å². The molecule has 4 aliphatic carbocycles. The van der Waals surface area contributed by atoms with Crippen molar-refractivity contribution in [2.75, 3.05) is 6.61 Å². The summed E-state index contributed by atoms with van der Waals surface area (Å²) in [6.07, 6.45) is 12.7. The molecule has 120 valence electrons. The summed E-state index contributed by atoms with van der Waals surface area (Å²) in [6, 6.07) is 0. The average molecular weight is 300 g/mol. The maximum Gasteiger partial charge on any atom is 0.139 e. The molecular weight excluding hydrogens is 272 g/mol. The van der Waals surface area contributed by atoms with Crippen molar-refractivity contribution in [3.8, 4) is 0 Å². The molecule has 4 unspecified atom stereocenters. The van der Waals surface area contributed by atoms with Gasteiger partial charge in [0.1, 0.15) is 5.78 Å². The average Bonchev–Trinajstić information content (AvgIpc) is 2.83. The molecule has 0 N–H and O–H groups in total. The van der Waals surface area contributed by atoms with Gasteiger partial charge in [-0.15, -0.1) is 0 Å². The third kappa shape index (κ3) is 2.02. The maximum absolute atomic E-state index is 12.4. The summed E-state index contributed by atoms with van der Waals surface area (Å²) in [5, 5.41) is 0. The molecule has 2 heteroatoms. The van der Waals surface area contributed by atoms with Gasteiger partial charge < -0.3 is 4.74 Å². The minimum atomic E-state index is 0.00744. The van der Waals surface area contributed by atoms with Crippen molar-refractivity contribution in [3.63, 3.8) is 0 Å². The summed E-state index contributed by atoms with van der Waals surface area (Å²) in [7, 11) is 0. The Morgan fingerprint density at radius 3 is 2.91 bits per heavy atom. The zero-order valence-corrected chi connectivity index (χ0v) is 13.9. The number of rotatable bonds is 2. The van der Waals surface area contributed by atoms with Gasteiger partial charge >= 0.3 is 0 Å². The summed E-state index contributed by atoms with van der Waals surface area (Å²) >= 11 is 0. The highest BCUT2D eigenvalue weighted by molar-refractivity contribution is 5.87. The molecule has 0 heterocycles. The molecule has 0 saturated heterocycles. The Kier molecular flexibility index (Phi) is 3.47. The summed E-state index contributed by atoms with van der Waals surface area (Å²) in [6.45, 7) is 5.10. The molecule has 4 aliphatic rings. The maximum atomic E-state index is 12.4. The van der Waals surface area contributed by atoms with E-state index in [0.29, 0.717) is 11.7 Å². The molecule has 2 fully saturated rings. The van der Waals surface area contributed by atoms with Crippen LogP contribution in [0, 0.1) is 29.1 Å². The van der Waals surface area contributed by atoms with Crippen molar-refractivity contribution in [1.29, 1.82) is 0 Å². The Hall–Kier alpha value is -1.05. The fourth-order valence-electron chi connectivity index (χ4n) is 6.00. The van der Waals surface area contributed by atoms with Gasteiger partial charge in [-0.2, -0.15) is 0 Å². The SMILES string of the molecule is CCOC1=CC2=CCC3C(CC[C@@]4(C)C(=O)CCC34)C2CC1. The van der Waals surface area contributed by atoms with Gasteiger partial charge in [0, 0.05) is 18.3 Å². The van der Waals surface area contributed by atoms with Crippen molar-refractivity contribution in [1.82, 2.24) is 0 Å². The second-order valence-electron chi connectivity index (χ2n) is 7.98. The summed E-state index contributed by atoms with van der Waals surface area (Å²) in [5.41, 5.74) is 1.54. The number of ether oxygens (including phenoxy) is 1. The van der Waals surface area contributed by atoms with E-state index in [9.17, 15) is 4.79 Å². The standard InChI is InChI=1S/C20H28O2/c1-3-22-14-5-7-15-13(12-14)4-6-17-16(15)10-11-20(2)18(17)8-9-19(20)21/h4,12,15-18H,3,5-11H2,1-2H3/t15?,16?,17?,18?,20-/m1/s1. The molecule has 0 bridgehead atoms. The van der Waals surface area contributed by atoms with E-state index in [1.54, 1.807) is 0 Å². The number of carbonyl (C=O) groups is 1. The van der Waals surface area contributed by atoms with Crippen LogP contribution in [-0.2, 0) is 9.53 Å². The predicted molar refractivity (Wildman–Crippen MR) is 87.2 cm³/mol. The Morgan fingerprint density at radius 2 is 2.09 bits per heavy atom. The number of Topliss-reactive ketones (excluding diaryl/α,β-unsaturated/α-hetero) is 1. The van der Waals surface area contributed by atoms with Crippen molar-refractivity contribution >= 4 is 5.78 Å². The largest absolute Gasteiger partial charge is 0.498 e. The van der Waals surface area contributed by atoms with E-state index in [4.69, 9.17) is 4.74 Å². The lowest BCUT2D eigenvalue weighted by Gasteiger charge is -2.50. The van der Waals surface area contributed by atoms with Crippen molar-refractivity contribution in [2.45, 2.75) is 58.8 Å². The molecule has 0 aromatic heterocycles. The summed E-state index contributed by atoms with van der Waals surface area (Å²) in [4.78, 5) is 12.4. The van der Waals surface area contributed by atoms with Crippen LogP contribution >= 0.6 is 0 Å². The fourth-order valence-corrected chi connectivity index (χ4v) is 6.00. The van der Waals surface area contributed by atoms with E-state index in [0.717, 1.165) is 50.0 Å². The van der Waals surface area contributed by atoms with Gasteiger partial charge in [-0.25, -0.2) is 0 Å². The highest BCUT2D eigenvalue weighted by Crippen LogP contribution is 2.59. The lowest BCUT2D eigenvalue weighted by atomic mass is 9.53. The Morgan fingerprint density at radius 1 is 1.23 bits per heavy atom. The molecular formula is C20H28O2. The second-order valence-corrected chi connectivity index (χ2v) is 7.98. The molecule has 0 aromatic rings. The van der Waals surface area contributed by atoms with E-state index < -0.39 is 0 Å². The van der Waals surface area contributed by atoms with Crippen LogP contribution in [0.1, 0.15) is 58.8 Å². The highest BCUT2D eigenvalue weighted by Gasteiger charge is 2.55. The lowest BCUT2D eigenvalue weighted by Crippen LogP contribution is -2.45. The molecule has 0 aromatic carbocycles. The zero-order chi connectivity index (χ0) is 15.3. The van der Waals surface area contributed by atoms with Crippen LogP contribution in [0.4, 0.5) is 0 Å². The van der Waals surface area contributed by atoms with E-state index in [2.05, 4.69) is 26.0 Å². The molecule has 0 spiro atoms. The number of carbonyl (C=O) groups excluding carboxylic acids is 1. The number of ketones is 1. The molecule has 2 saturated carbocycles. The second kappa shape index (κ2) is 5.25. The molecule has 4 rings (SSSR count). The van der Waals surface area contributed by atoms with Crippen LogP contribution < -0.4 is 0 Å². The minimum Gasteiger partial charge on any atom is -0.498 e. The van der Waals surface area contributed by atoms with Crippen molar-refractivity contribution < 1.29 is 9.53 Å². The first-order valence-electron chi connectivity index (χ1n) is 9.20. The summed E-state index contributed by atoms with van der Waals surface area (Å²) < 4.78 is 5.74. The molecule has 5 atom stereocenters. The lowest BCUT2D eigenvalue weighted by molar-refractivity contribution is -0.130. The first kappa shape index (κ1) is 14.5. The number of fused-ring (bicyclic) bond motifs is 5. The van der Waals surface area contributed by atoms with Crippen LogP contribution in [0.5, 0.6) is 0 Å². The quantitative estimate of drug-likeness (QED) is 0.741. The summed E-state index contributed by atoms with van der Waals surface area (Å²) in [5.74, 6) is 4.66. The third-order valence-electron chi connectivity index (χ3n) is 7.13. The van der Waals surface area contributed by atoms with Gasteiger partial charge in [0.15, 0.2) is 0 Å². The smallest absolute Gasteiger partial charge is 0.139 e. The van der Waals surface area contributed by atoms with Crippen molar-refractivity contribution in [2.24, 2.45) is 29.1 Å². The van der Waals surface area contributed by atoms with E-state index in [1.807, 2.05) is 0 Å². The Labute approximate surface area is 134 Å². The van der Waals surface area contributed by atoms with Crippen LogP contribution in [-0.4, -0.2) is 12.4 Å².